The topological polar surface area (TPSA) is 92.5 Å². The average Bonchev–Trinajstić information content (AvgIpc) is 2.78. The van der Waals surface area contributed by atoms with Crippen molar-refractivity contribution >= 4 is 17.6 Å². The SMILES string of the molecule is CCCCCCCCCCCCCCCCCC(=O)CN(C)C(=O)[C@@H](CCCN)NC(C)=O. The Morgan fingerprint density at radius 2 is 1.21 bits per heavy atom. The fraction of sp³-hybridized carbons (Fsp3) is 0.889. The van der Waals surface area contributed by atoms with Gasteiger partial charge in [-0.3, -0.25) is 14.4 Å². The maximum atomic E-state index is 12.6. The van der Waals surface area contributed by atoms with E-state index in [9.17, 15) is 14.4 Å². The van der Waals surface area contributed by atoms with Gasteiger partial charge in [-0.1, -0.05) is 96.8 Å². The first kappa shape index (κ1) is 31.6. The summed E-state index contributed by atoms with van der Waals surface area (Å²) in [6.07, 6.45) is 21.2. The van der Waals surface area contributed by atoms with Crippen LogP contribution in [0.15, 0.2) is 0 Å². The van der Waals surface area contributed by atoms with Gasteiger partial charge in [-0.2, -0.15) is 0 Å². The van der Waals surface area contributed by atoms with Crippen molar-refractivity contribution in [2.45, 2.75) is 135 Å². The van der Waals surface area contributed by atoms with Crippen LogP contribution in [0.5, 0.6) is 0 Å². The van der Waals surface area contributed by atoms with Crippen LogP contribution in [-0.4, -0.2) is 48.7 Å². The lowest BCUT2D eigenvalue weighted by Gasteiger charge is -2.23. The van der Waals surface area contributed by atoms with E-state index in [0.717, 1.165) is 12.8 Å². The van der Waals surface area contributed by atoms with Crippen molar-refractivity contribution in [3.63, 3.8) is 0 Å². The van der Waals surface area contributed by atoms with Crippen LogP contribution in [0.1, 0.15) is 129 Å². The molecule has 0 radical (unpaired) electrons. The highest BCUT2D eigenvalue weighted by molar-refractivity contribution is 5.90. The molecule has 0 heterocycles. The molecule has 0 aromatic rings. The van der Waals surface area contributed by atoms with Gasteiger partial charge in [-0.05, 0) is 25.8 Å². The van der Waals surface area contributed by atoms with Crippen LogP contribution in [0.3, 0.4) is 0 Å². The molecule has 0 rings (SSSR count). The van der Waals surface area contributed by atoms with Gasteiger partial charge in [0, 0.05) is 20.4 Å². The summed E-state index contributed by atoms with van der Waals surface area (Å²) in [7, 11) is 1.63. The first-order valence-electron chi connectivity index (χ1n) is 13.7. The van der Waals surface area contributed by atoms with Gasteiger partial charge in [0.25, 0.3) is 0 Å². The number of amides is 2. The molecule has 6 nitrogen and oxygen atoms in total. The number of ketones is 1. The minimum absolute atomic E-state index is 0.0842. The van der Waals surface area contributed by atoms with Gasteiger partial charge in [-0.25, -0.2) is 0 Å². The number of Topliss-reactive ketones (excluding diaryl/α,β-unsaturated/α-hetero) is 1. The fourth-order valence-corrected chi connectivity index (χ4v) is 4.21. The standard InChI is InChI=1S/C27H53N3O3/c1-4-5-6-7-8-9-10-11-12-13-14-15-16-17-18-20-25(32)23-30(3)27(33)26(21-19-22-28)29-24(2)31/h26H,4-23,28H2,1-3H3,(H,29,31)/t26-/m1/s1. The lowest BCUT2D eigenvalue weighted by molar-refractivity contribution is -0.137. The molecule has 0 aliphatic heterocycles. The number of nitrogens with two attached hydrogens (primary N) is 1. The quantitative estimate of drug-likeness (QED) is 0.194. The summed E-state index contributed by atoms with van der Waals surface area (Å²) in [6.45, 7) is 4.23. The molecule has 1 atom stereocenters. The van der Waals surface area contributed by atoms with E-state index < -0.39 is 6.04 Å². The number of hydrogen-bond donors (Lipinski definition) is 2. The first-order chi connectivity index (χ1) is 15.9. The van der Waals surface area contributed by atoms with Crippen molar-refractivity contribution in [1.29, 1.82) is 0 Å². The van der Waals surface area contributed by atoms with Crippen molar-refractivity contribution in [2.75, 3.05) is 20.1 Å². The van der Waals surface area contributed by atoms with Crippen LogP contribution in [0.25, 0.3) is 0 Å². The Bertz CT molecular complexity index is 511. The van der Waals surface area contributed by atoms with Crippen molar-refractivity contribution in [3.8, 4) is 0 Å². The Hall–Kier alpha value is -1.43. The van der Waals surface area contributed by atoms with Crippen molar-refractivity contribution in [1.82, 2.24) is 10.2 Å². The van der Waals surface area contributed by atoms with Crippen molar-refractivity contribution in [3.05, 3.63) is 0 Å². The van der Waals surface area contributed by atoms with Crippen LogP contribution in [0, 0.1) is 0 Å². The van der Waals surface area contributed by atoms with E-state index in [1.165, 1.54) is 95.3 Å². The van der Waals surface area contributed by atoms with Gasteiger partial charge >= 0.3 is 0 Å². The zero-order valence-electron chi connectivity index (χ0n) is 22.0. The molecule has 0 aromatic heterocycles. The predicted molar refractivity (Wildman–Crippen MR) is 138 cm³/mol. The van der Waals surface area contributed by atoms with E-state index in [1.807, 2.05) is 0 Å². The maximum Gasteiger partial charge on any atom is 0.245 e. The van der Waals surface area contributed by atoms with Crippen molar-refractivity contribution < 1.29 is 14.4 Å². The molecule has 2 amide bonds. The van der Waals surface area contributed by atoms with Gasteiger partial charge in [0.15, 0.2) is 5.78 Å². The van der Waals surface area contributed by atoms with Gasteiger partial charge < -0.3 is 16.0 Å². The summed E-state index contributed by atoms with van der Waals surface area (Å²) >= 11 is 0. The minimum Gasteiger partial charge on any atom is -0.345 e. The third kappa shape index (κ3) is 19.7. The van der Waals surface area contributed by atoms with E-state index in [2.05, 4.69) is 12.2 Å². The van der Waals surface area contributed by atoms with Crippen LogP contribution >= 0.6 is 0 Å². The molecule has 6 heteroatoms. The largest absolute Gasteiger partial charge is 0.345 e. The van der Waals surface area contributed by atoms with E-state index in [1.54, 1.807) is 7.05 Å². The highest BCUT2D eigenvalue weighted by Gasteiger charge is 2.23. The minimum atomic E-state index is -0.602. The molecule has 0 unspecified atom stereocenters. The molecule has 33 heavy (non-hydrogen) atoms. The molecule has 194 valence electrons. The highest BCUT2D eigenvalue weighted by atomic mass is 16.2. The zero-order chi connectivity index (χ0) is 24.7. The lowest BCUT2D eigenvalue weighted by atomic mass is 10.0. The average molecular weight is 468 g/mol. The van der Waals surface area contributed by atoms with Gasteiger partial charge in [0.05, 0.1) is 6.54 Å². The van der Waals surface area contributed by atoms with E-state index in [4.69, 9.17) is 5.73 Å². The summed E-state index contributed by atoms with van der Waals surface area (Å²) in [6, 6.07) is -0.602. The van der Waals surface area contributed by atoms with Crippen molar-refractivity contribution in [2.24, 2.45) is 5.73 Å². The number of unbranched alkanes of at least 4 members (excludes halogenated alkanes) is 14. The normalized spacial score (nSPS) is 11.9. The number of carbonyl (C=O) groups is 3. The second-order valence-corrected chi connectivity index (χ2v) is 9.62. The highest BCUT2D eigenvalue weighted by Crippen LogP contribution is 2.14. The third-order valence-corrected chi connectivity index (χ3v) is 6.22. The molecule has 0 aliphatic rings. The number of carbonyl (C=O) groups excluding carboxylic acids is 3. The van der Waals surface area contributed by atoms with Gasteiger partial charge in [0.2, 0.25) is 11.8 Å². The molecule has 0 bridgehead atoms. The number of nitrogens with one attached hydrogen (secondary N) is 1. The zero-order valence-corrected chi connectivity index (χ0v) is 22.0. The van der Waals surface area contributed by atoms with Crippen LogP contribution in [-0.2, 0) is 14.4 Å². The second-order valence-electron chi connectivity index (χ2n) is 9.62. The Morgan fingerprint density at radius 3 is 1.64 bits per heavy atom. The Labute approximate surface area is 203 Å². The van der Waals surface area contributed by atoms with E-state index in [0.29, 0.717) is 25.8 Å². The van der Waals surface area contributed by atoms with Gasteiger partial charge in [-0.15, -0.1) is 0 Å². The molecule has 0 aromatic carbocycles. The Kier molecular flexibility index (Phi) is 21.4. The van der Waals surface area contributed by atoms with Gasteiger partial charge in [0.1, 0.15) is 6.04 Å². The number of nitrogens with zero attached hydrogens (tertiary/aromatic N) is 1. The van der Waals surface area contributed by atoms with Crippen LogP contribution in [0.4, 0.5) is 0 Å². The Balaban J connectivity index is 3.71. The summed E-state index contributed by atoms with van der Waals surface area (Å²) in [4.78, 5) is 37.6. The van der Waals surface area contributed by atoms with E-state index >= 15 is 0 Å². The summed E-state index contributed by atoms with van der Waals surface area (Å²) < 4.78 is 0. The molecule has 0 fully saturated rings. The number of rotatable bonds is 23. The molecule has 0 saturated heterocycles. The second kappa shape index (κ2) is 22.4. The third-order valence-electron chi connectivity index (χ3n) is 6.22. The monoisotopic (exact) mass is 467 g/mol. The molecule has 3 N–H and O–H groups in total. The number of hydrogen-bond acceptors (Lipinski definition) is 4. The molecule has 0 aliphatic carbocycles. The maximum absolute atomic E-state index is 12.6. The van der Waals surface area contributed by atoms with Crippen LogP contribution < -0.4 is 11.1 Å². The fourth-order valence-electron chi connectivity index (χ4n) is 4.21. The molecular weight excluding hydrogens is 414 g/mol. The summed E-state index contributed by atoms with van der Waals surface area (Å²) in [5, 5.41) is 2.67. The predicted octanol–water partition coefficient (Wildman–Crippen LogP) is 5.52. The van der Waals surface area contributed by atoms with Crippen LogP contribution in [0.2, 0.25) is 0 Å². The molecular formula is C27H53N3O3. The molecule has 0 spiro atoms. The molecule has 0 saturated carbocycles. The lowest BCUT2D eigenvalue weighted by Crippen LogP contribution is -2.48. The summed E-state index contributed by atoms with van der Waals surface area (Å²) in [5.74, 6) is -0.382. The first-order valence-corrected chi connectivity index (χ1v) is 13.7. The number of likely N-dealkylation sites (N-methyl/N-ethyl adjacent to an activating group) is 1. The van der Waals surface area contributed by atoms with E-state index in [-0.39, 0.29) is 24.1 Å². The smallest absolute Gasteiger partial charge is 0.245 e. The Morgan fingerprint density at radius 1 is 0.758 bits per heavy atom. The summed E-state index contributed by atoms with van der Waals surface area (Å²) in [5.41, 5.74) is 5.52.